The minimum atomic E-state index is 0.395. The molecule has 0 amide bonds. The van der Waals surface area contributed by atoms with Gasteiger partial charge >= 0.3 is 0 Å². The summed E-state index contributed by atoms with van der Waals surface area (Å²) in [4.78, 5) is 7.08. The molecule has 0 bridgehead atoms. The van der Waals surface area contributed by atoms with Crippen LogP contribution in [0.15, 0.2) is 309 Å². The first-order chi connectivity index (χ1) is 49.1. The monoisotopic (exact) mass is 1290 g/mol. The van der Waals surface area contributed by atoms with Gasteiger partial charge in [-0.1, -0.05) is 237 Å². The van der Waals surface area contributed by atoms with Crippen molar-refractivity contribution in [2.24, 2.45) is 0 Å². The van der Waals surface area contributed by atoms with Gasteiger partial charge in [0.05, 0.1) is 39.3 Å². The fourth-order valence-electron chi connectivity index (χ4n) is 14.4. The Bertz CT molecular complexity index is 4540. The average molecular weight is 1290 g/mol. The van der Waals surface area contributed by atoms with Gasteiger partial charge in [-0.3, -0.25) is 0 Å². The molecule has 0 saturated carbocycles. The van der Waals surface area contributed by atoms with Gasteiger partial charge in [0, 0.05) is 50.4 Å². The zero-order valence-electron chi connectivity index (χ0n) is 55.2. The summed E-state index contributed by atoms with van der Waals surface area (Å²) in [5.74, 6) is 4.67. The normalized spacial score (nSPS) is 14.0. The van der Waals surface area contributed by atoms with Crippen LogP contribution in [0.2, 0.25) is 0 Å². The highest BCUT2D eigenvalue weighted by Crippen LogP contribution is 2.49. The molecule has 0 unspecified atom stereocenters. The van der Waals surface area contributed by atoms with Crippen molar-refractivity contribution in [2.75, 3.05) is 93.6 Å². The minimum Gasteiger partial charge on any atom is -0.491 e. The molecule has 0 fully saturated rings. The second-order valence-corrected chi connectivity index (χ2v) is 25.0. The summed E-state index contributed by atoms with van der Waals surface area (Å²) in [5.41, 5.74) is 9.17. The van der Waals surface area contributed by atoms with Gasteiger partial charge in [0.25, 0.3) is 0 Å². The van der Waals surface area contributed by atoms with Gasteiger partial charge in [0.15, 0.2) is 0 Å². The minimum absolute atomic E-state index is 0.395. The standard InChI is InChI=1S/C90H75N3O6/c1-4-28-70(29-5-1)91-52-58-94-79-46-40-64-22-10-16-34-73(64)85(79)87-75-36-18-12-24-66(75)42-48-81(87)96-60-54-92(71-30-6-2-7-31-71)56-62-98-83-50-44-68-26-14-20-38-77(68)89(83)90-78-39-21-15-27-69(78)45-51-84(90)99-63-57-93(72-32-8-3-9-33-72)55-61-97-82-49-43-67-25-13-19-37-76(67)88(82)86-74-35-17-11-23-65(74)41-47-80(86)95-59-53-91/h1-51H,52-63H2. The van der Waals surface area contributed by atoms with Crippen LogP contribution < -0.4 is 43.1 Å². The molecule has 0 N–H and O–H groups in total. The second kappa shape index (κ2) is 28.8. The summed E-state index contributed by atoms with van der Waals surface area (Å²) < 4.78 is 43.0. The highest BCUT2D eigenvalue weighted by Gasteiger charge is 2.25. The molecule has 486 valence electrons. The molecule has 16 rings (SSSR count). The van der Waals surface area contributed by atoms with Gasteiger partial charge in [-0.25, -0.2) is 0 Å². The summed E-state index contributed by atoms with van der Waals surface area (Å²) in [6, 6.07) is 109. The number of anilines is 3. The van der Waals surface area contributed by atoms with Gasteiger partial charge in [0.1, 0.15) is 74.1 Å². The first-order valence-electron chi connectivity index (χ1n) is 34.4. The smallest absolute Gasteiger partial charge is 0.128 e. The quantitative estimate of drug-likeness (QED) is 0.172. The Morgan fingerprint density at radius 2 is 0.323 bits per heavy atom. The Labute approximate surface area is 577 Å². The van der Waals surface area contributed by atoms with E-state index >= 15 is 0 Å². The van der Waals surface area contributed by atoms with Crippen molar-refractivity contribution in [2.45, 2.75) is 0 Å². The third kappa shape index (κ3) is 13.0. The summed E-state index contributed by atoms with van der Waals surface area (Å²) in [5, 5.41) is 13.1. The lowest BCUT2D eigenvalue weighted by atomic mass is 9.92. The maximum absolute atomic E-state index is 7.17. The summed E-state index contributed by atoms with van der Waals surface area (Å²) in [6.45, 7) is 5.88. The number of fused-ring (bicyclic) bond motifs is 21. The second-order valence-electron chi connectivity index (χ2n) is 25.0. The van der Waals surface area contributed by atoms with Gasteiger partial charge in [0.2, 0.25) is 0 Å². The van der Waals surface area contributed by atoms with Gasteiger partial charge < -0.3 is 43.1 Å². The number of benzene rings is 15. The van der Waals surface area contributed by atoms with E-state index in [9.17, 15) is 0 Å². The molecule has 9 heteroatoms. The van der Waals surface area contributed by atoms with Crippen molar-refractivity contribution in [3.8, 4) is 67.9 Å². The van der Waals surface area contributed by atoms with Crippen molar-refractivity contribution < 1.29 is 28.4 Å². The molecule has 0 saturated heterocycles. The Balaban J connectivity index is 0.804. The number of hydrogen-bond acceptors (Lipinski definition) is 9. The summed E-state index contributed by atoms with van der Waals surface area (Å²) in [6.07, 6.45) is 0. The highest BCUT2D eigenvalue weighted by molar-refractivity contribution is 6.12. The van der Waals surface area contributed by atoms with E-state index in [-0.39, 0.29) is 0 Å². The van der Waals surface area contributed by atoms with Crippen LogP contribution in [0.5, 0.6) is 34.5 Å². The van der Waals surface area contributed by atoms with Gasteiger partial charge in [-0.15, -0.1) is 0 Å². The fraction of sp³-hybridized carbons (Fsp3) is 0.133. The van der Waals surface area contributed by atoms with Crippen LogP contribution in [-0.4, -0.2) is 78.9 Å². The molecule has 0 atom stereocenters. The number of rotatable bonds is 3. The van der Waals surface area contributed by atoms with E-state index in [0.29, 0.717) is 78.9 Å². The Morgan fingerprint density at radius 3 is 0.505 bits per heavy atom. The molecule has 0 spiro atoms. The highest BCUT2D eigenvalue weighted by atomic mass is 16.5. The third-order valence-corrected chi connectivity index (χ3v) is 19.2. The van der Waals surface area contributed by atoms with E-state index in [4.69, 9.17) is 28.4 Å². The molecule has 99 heavy (non-hydrogen) atoms. The number of nitrogens with zero attached hydrogens (tertiary/aromatic N) is 3. The van der Waals surface area contributed by atoms with Crippen molar-refractivity contribution >= 4 is 81.7 Å². The molecule has 15 aromatic rings. The van der Waals surface area contributed by atoms with Crippen LogP contribution in [0.1, 0.15) is 0 Å². The molecule has 0 aliphatic carbocycles. The van der Waals surface area contributed by atoms with Crippen molar-refractivity contribution in [1.29, 1.82) is 0 Å². The van der Waals surface area contributed by atoms with Gasteiger partial charge in [-0.05, 0) is 137 Å². The fourth-order valence-corrected chi connectivity index (χ4v) is 14.4. The Kier molecular flexibility index (Phi) is 18.0. The van der Waals surface area contributed by atoms with E-state index in [1.807, 2.05) is 0 Å². The van der Waals surface area contributed by atoms with Crippen LogP contribution in [-0.2, 0) is 0 Å². The molecular formula is C90H75N3O6. The first kappa shape index (κ1) is 61.9. The van der Waals surface area contributed by atoms with Crippen LogP contribution >= 0.6 is 0 Å². The van der Waals surface area contributed by atoms with E-state index in [0.717, 1.165) is 150 Å². The third-order valence-electron chi connectivity index (χ3n) is 19.2. The van der Waals surface area contributed by atoms with Crippen LogP contribution in [0.25, 0.3) is 98.0 Å². The number of ether oxygens (including phenoxy) is 6. The predicted molar refractivity (Wildman–Crippen MR) is 410 cm³/mol. The molecular weight excluding hydrogens is 1220 g/mol. The molecule has 9 nitrogen and oxygen atoms in total. The maximum Gasteiger partial charge on any atom is 0.128 e. The molecule has 1 aliphatic rings. The largest absolute Gasteiger partial charge is 0.491 e. The molecule has 15 aromatic carbocycles. The zero-order valence-corrected chi connectivity index (χ0v) is 55.2. The van der Waals surface area contributed by atoms with Crippen molar-refractivity contribution in [1.82, 2.24) is 0 Å². The van der Waals surface area contributed by atoms with Crippen LogP contribution in [0.3, 0.4) is 0 Å². The zero-order chi connectivity index (χ0) is 66.1. The lowest BCUT2D eigenvalue weighted by Crippen LogP contribution is -2.32. The van der Waals surface area contributed by atoms with E-state index in [1.54, 1.807) is 0 Å². The van der Waals surface area contributed by atoms with Crippen molar-refractivity contribution in [3.05, 3.63) is 309 Å². The lowest BCUT2D eigenvalue weighted by molar-refractivity contribution is 0.302. The molecule has 1 aliphatic heterocycles. The maximum atomic E-state index is 7.17. The summed E-state index contributed by atoms with van der Waals surface area (Å²) >= 11 is 0. The Hall–Kier alpha value is -11.9. The van der Waals surface area contributed by atoms with E-state index in [2.05, 4.69) is 324 Å². The molecule has 1 heterocycles. The SMILES string of the molecule is c1ccc(N2CCOc3ccc4ccccc4c3-c3c(ccc4ccccc34)OCCN(c3ccccc3)CCOc3ccc4ccccc4c3-c3c(ccc4ccccc34)OCCN(c3ccccc3)CCOc3ccc4ccccc4c3-c3c(ccc4ccccc34)OCC2)cc1. The Morgan fingerprint density at radius 1 is 0.162 bits per heavy atom. The summed E-state index contributed by atoms with van der Waals surface area (Å²) in [7, 11) is 0. The topological polar surface area (TPSA) is 65.1 Å². The molecule has 0 aromatic heterocycles. The average Bonchev–Trinajstić information content (AvgIpc) is 0.774. The van der Waals surface area contributed by atoms with E-state index < -0.39 is 0 Å². The van der Waals surface area contributed by atoms with E-state index in [1.165, 1.54) is 0 Å². The van der Waals surface area contributed by atoms with Gasteiger partial charge in [-0.2, -0.15) is 0 Å². The first-order valence-corrected chi connectivity index (χ1v) is 34.4. The molecule has 0 radical (unpaired) electrons. The number of hydrogen-bond donors (Lipinski definition) is 0. The van der Waals surface area contributed by atoms with Crippen molar-refractivity contribution in [3.63, 3.8) is 0 Å². The predicted octanol–water partition coefficient (Wildman–Crippen LogP) is 20.8. The van der Waals surface area contributed by atoms with Crippen LogP contribution in [0.4, 0.5) is 17.1 Å². The number of para-hydroxylation sites is 3. The lowest BCUT2D eigenvalue weighted by Gasteiger charge is -2.27. The van der Waals surface area contributed by atoms with Crippen LogP contribution in [0, 0.1) is 0 Å².